The molecule has 98 valence electrons. The molecule has 0 saturated carbocycles. The Balaban J connectivity index is 2.12. The third-order valence-electron chi connectivity index (χ3n) is 3.51. The highest BCUT2D eigenvalue weighted by atomic mass is 19.1. The number of halogens is 1. The Kier molecular flexibility index (Phi) is 3.39. The molecule has 1 amide bonds. The molecular weight excluding hydrogens is 231 g/mol. The van der Waals surface area contributed by atoms with Crippen LogP contribution in [0, 0.1) is 5.82 Å². The minimum atomic E-state index is -0.327. The van der Waals surface area contributed by atoms with Crippen molar-refractivity contribution in [2.45, 2.75) is 38.3 Å². The number of nitrogens with zero attached hydrogens (tertiary/aromatic N) is 1. The molecule has 1 aromatic rings. The Labute approximate surface area is 107 Å². The third kappa shape index (κ3) is 2.53. The van der Waals surface area contributed by atoms with Crippen molar-refractivity contribution in [2.75, 3.05) is 6.54 Å². The summed E-state index contributed by atoms with van der Waals surface area (Å²) in [6.45, 7) is 4.55. The average Bonchev–Trinajstić information content (AvgIpc) is 2.55. The smallest absolute Gasteiger partial charge is 0.227 e. The van der Waals surface area contributed by atoms with Crippen LogP contribution in [-0.2, 0) is 11.2 Å². The number of likely N-dealkylation sites (tertiary alicyclic amines) is 1. The predicted octanol–water partition coefficient (Wildman–Crippen LogP) is 1.71. The molecule has 1 aromatic carbocycles. The van der Waals surface area contributed by atoms with Gasteiger partial charge in [-0.25, -0.2) is 4.39 Å². The Morgan fingerprint density at radius 1 is 1.50 bits per heavy atom. The van der Waals surface area contributed by atoms with Gasteiger partial charge in [0.25, 0.3) is 0 Å². The summed E-state index contributed by atoms with van der Waals surface area (Å²) < 4.78 is 13.5. The molecule has 1 heterocycles. The number of benzene rings is 1. The average molecular weight is 250 g/mol. The highest BCUT2D eigenvalue weighted by Gasteiger charge is 2.39. The molecule has 1 unspecified atom stereocenters. The van der Waals surface area contributed by atoms with E-state index in [1.807, 2.05) is 13.8 Å². The van der Waals surface area contributed by atoms with Gasteiger partial charge in [0.15, 0.2) is 0 Å². The molecule has 1 saturated heterocycles. The third-order valence-corrected chi connectivity index (χ3v) is 3.51. The van der Waals surface area contributed by atoms with E-state index in [2.05, 4.69) is 0 Å². The van der Waals surface area contributed by atoms with Crippen molar-refractivity contribution in [3.63, 3.8) is 0 Å². The number of hydrogen-bond acceptors (Lipinski definition) is 2. The van der Waals surface area contributed by atoms with Crippen LogP contribution in [0.2, 0.25) is 0 Å². The molecule has 0 aliphatic carbocycles. The summed E-state index contributed by atoms with van der Waals surface area (Å²) in [4.78, 5) is 14.0. The topological polar surface area (TPSA) is 46.3 Å². The van der Waals surface area contributed by atoms with E-state index >= 15 is 0 Å². The number of nitrogens with two attached hydrogens (primary N) is 1. The highest BCUT2D eigenvalue weighted by Crippen LogP contribution is 2.28. The summed E-state index contributed by atoms with van der Waals surface area (Å²) >= 11 is 0. The van der Waals surface area contributed by atoms with Crippen LogP contribution in [0.3, 0.4) is 0 Å². The summed E-state index contributed by atoms with van der Waals surface area (Å²) in [5.74, 6) is -0.384. The maximum atomic E-state index is 13.5. The molecule has 0 radical (unpaired) electrons. The van der Waals surface area contributed by atoms with E-state index in [4.69, 9.17) is 5.73 Å². The first-order valence-electron chi connectivity index (χ1n) is 6.19. The van der Waals surface area contributed by atoms with Crippen LogP contribution in [-0.4, -0.2) is 28.9 Å². The molecule has 1 aliphatic rings. The summed E-state index contributed by atoms with van der Waals surface area (Å²) in [5, 5.41) is 0. The van der Waals surface area contributed by atoms with E-state index in [1.54, 1.807) is 23.1 Å². The minimum Gasteiger partial charge on any atom is -0.336 e. The van der Waals surface area contributed by atoms with Gasteiger partial charge in [-0.05, 0) is 31.9 Å². The molecule has 18 heavy (non-hydrogen) atoms. The maximum Gasteiger partial charge on any atom is 0.227 e. The zero-order valence-electron chi connectivity index (χ0n) is 10.8. The van der Waals surface area contributed by atoms with Gasteiger partial charge in [0.2, 0.25) is 5.91 Å². The fourth-order valence-corrected chi connectivity index (χ4v) is 2.64. The lowest BCUT2D eigenvalue weighted by Gasteiger charge is -2.31. The molecule has 2 N–H and O–H groups in total. The second-order valence-electron chi connectivity index (χ2n) is 5.55. The molecular formula is C14H19FN2O. The lowest BCUT2D eigenvalue weighted by atomic mass is 10.00. The largest absolute Gasteiger partial charge is 0.336 e. The van der Waals surface area contributed by atoms with Crippen LogP contribution in [0.5, 0.6) is 0 Å². The standard InChI is InChI=1S/C14H19FN2O/c1-14(2)8-11(16)9-17(14)13(18)7-10-5-3-4-6-12(10)15/h3-6,11H,7-9,16H2,1-2H3. The summed E-state index contributed by atoms with van der Waals surface area (Å²) in [6, 6.07) is 6.41. The van der Waals surface area contributed by atoms with E-state index < -0.39 is 0 Å². The molecule has 1 fully saturated rings. The molecule has 4 heteroatoms. The monoisotopic (exact) mass is 250 g/mol. The number of hydrogen-bond donors (Lipinski definition) is 1. The molecule has 0 aromatic heterocycles. The van der Waals surface area contributed by atoms with Crippen molar-refractivity contribution in [3.8, 4) is 0 Å². The van der Waals surface area contributed by atoms with Gasteiger partial charge >= 0.3 is 0 Å². The number of rotatable bonds is 2. The van der Waals surface area contributed by atoms with Crippen molar-refractivity contribution in [1.29, 1.82) is 0 Å². The quantitative estimate of drug-likeness (QED) is 0.868. The van der Waals surface area contributed by atoms with Gasteiger partial charge in [0, 0.05) is 18.1 Å². The molecule has 0 bridgehead atoms. The Morgan fingerprint density at radius 2 is 2.17 bits per heavy atom. The molecule has 3 nitrogen and oxygen atoms in total. The van der Waals surface area contributed by atoms with Crippen LogP contribution in [0.25, 0.3) is 0 Å². The van der Waals surface area contributed by atoms with Gasteiger partial charge in [-0.3, -0.25) is 4.79 Å². The SMILES string of the molecule is CC1(C)CC(N)CN1C(=O)Cc1ccccc1F. The van der Waals surface area contributed by atoms with E-state index in [0.29, 0.717) is 12.1 Å². The fraction of sp³-hybridized carbons (Fsp3) is 0.500. The Morgan fingerprint density at radius 3 is 2.72 bits per heavy atom. The van der Waals surface area contributed by atoms with Gasteiger partial charge < -0.3 is 10.6 Å². The van der Waals surface area contributed by atoms with Crippen molar-refractivity contribution in [3.05, 3.63) is 35.6 Å². The van der Waals surface area contributed by atoms with Crippen molar-refractivity contribution in [2.24, 2.45) is 5.73 Å². The van der Waals surface area contributed by atoms with Crippen LogP contribution in [0.1, 0.15) is 25.8 Å². The Hall–Kier alpha value is -1.42. The van der Waals surface area contributed by atoms with Crippen LogP contribution < -0.4 is 5.73 Å². The highest BCUT2D eigenvalue weighted by molar-refractivity contribution is 5.80. The van der Waals surface area contributed by atoms with Crippen molar-refractivity contribution in [1.82, 2.24) is 4.90 Å². The number of amides is 1. The van der Waals surface area contributed by atoms with Crippen molar-refractivity contribution < 1.29 is 9.18 Å². The number of carbonyl (C=O) groups is 1. The summed E-state index contributed by atoms with van der Waals surface area (Å²) in [6.07, 6.45) is 0.888. The normalized spacial score (nSPS) is 22.2. The van der Waals surface area contributed by atoms with Crippen LogP contribution >= 0.6 is 0 Å². The van der Waals surface area contributed by atoms with Gasteiger partial charge in [-0.15, -0.1) is 0 Å². The summed E-state index contributed by atoms with van der Waals surface area (Å²) in [7, 11) is 0. The first kappa shape index (κ1) is 13.0. The van der Waals surface area contributed by atoms with E-state index in [0.717, 1.165) is 6.42 Å². The van der Waals surface area contributed by atoms with Gasteiger partial charge in [0.05, 0.1) is 6.42 Å². The molecule has 1 aliphatic heterocycles. The van der Waals surface area contributed by atoms with Gasteiger partial charge in [-0.1, -0.05) is 18.2 Å². The number of carbonyl (C=O) groups excluding carboxylic acids is 1. The van der Waals surface area contributed by atoms with E-state index in [1.165, 1.54) is 6.07 Å². The summed E-state index contributed by atoms with van der Waals surface area (Å²) in [5.41, 5.74) is 6.10. The second-order valence-corrected chi connectivity index (χ2v) is 5.55. The second kappa shape index (κ2) is 4.69. The van der Waals surface area contributed by atoms with Gasteiger partial charge in [0.1, 0.15) is 5.82 Å². The minimum absolute atomic E-state index is 0.0181. The zero-order chi connectivity index (χ0) is 13.3. The van der Waals surface area contributed by atoms with E-state index in [9.17, 15) is 9.18 Å². The lowest BCUT2D eigenvalue weighted by Crippen LogP contribution is -2.43. The molecule has 1 atom stereocenters. The van der Waals surface area contributed by atoms with Crippen LogP contribution in [0.4, 0.5) is 4.39 Å². The zero-order valence-corrected chi connectivity index (χ0v) is 10.8. The Bertz CT molecular complexity index is 459. The fourth-order valence-electron chi connectivity index (χ4n) is 2.64. The molecule has 2 rings (SSSR count). The van der Waals surface area contributed by atoms with Gasteiger partial charge in [-0.2, -0.15) is 0 Å². The predicted molar refractivity (Wildman–Crippen MR) is 68.5 cm³/mol. The maximum absolute atomic E-state index is 13.5. The first-order chi connectivity index (χ1) is 8.40. The lowest BCUT2D eigenvalue weighted by molar-refractivity contribution is -0.133. The first-order valence-corrected chi connectivity index (χ1v) is 6.19. The molecule has 0 spiro atoms. The van der Waals surface area contributed by atoms with Crippen molar-refractivity contribution >= 4 is 5.91 Å². The van der Waals surface area contributed by atoms with E-state index in [-0.39, 0.29) is 29.7 Å². The van der Waals surface area contributed by atoms with Crippen LogP contribution in [0.15, 0.2) is 24.3 Å².